The van der Waals surface area contributed by atoms with Crippen molar-refractivity contribution in [1.82, 2.24) is 15.8 Å². The molecule has 2 heterocycles. The predicted molar refractivity (Wildman–Crippen MR) is 105 cm³/mol. The average Bonchev–Trinajstić information content (AvgIpc) is 3.25. The van der Waals surface area contributed by atoms with E-state index in [-0.39, 0.29) is 11.5 Å². The van der Waals surface area contributed by atoms with Crippen LogP contribution >= 0.6 is 0 Å². The van der Waals surface area contributed by atoms with Crippen LogP contribution in [0.3, 0.4) is 0 Å². The van der Waals surface area contributed by atoms with E-state index in [9.17, 15) is 19.2 Å². The zero-order valence-corrected chi connectivity index (χ0v) is 15.8. The number of rotatable bonds is 4. The summed E-state index contributed by atoms with van der Waals surface area (Å²) in [5.41, 5.74) is 2.59. The van der Waals surface area contributed by atoms with Gasteiger partial charge in [-0.2, -0.15) is 5.01 Å². The maximum Gasteiger partial charge on any atom is 0.344 e. The molecule has 0 spiro atoms. The highest BCUT2D eigenvalue weighted by Crippen LogP contribution is 2.28. The van der Waals surface area contributed by atoms with Crippen molar-refractivity contribution in [2.45, 2.75) is 25.3 Å². The first-order chi connectivity index (χ1) is 13.9. The summed E-state index contributed by atoms with van der Waals surface area (Å²) in [6, 6.07) is 14.7. The molecule has 8 heteroatoms. The smallest absolute Gasteiger partial charge is 0.318 e. The SMILES string of the molecule is CC1(c2ccccc2)NC(=O)N(NC(=O)c2cccc(N3CCCC3=O)c2)C1=O. The lowest BCUT2D eigenvalue weighted by Crippen LogP contribution is -2.47. The van der Waals surface area contributed by atoms with E-state index < -0.39 is 23.4 Å². The van der Waals surface area contributed by atoms with Crippen molar-refractivity contribution in [3.05, 3.63) is 65.7 Å². The van der Waals surface area contributed by atoms with Crippen LogP contribution < -0.4 is 15.6 Å². The topological polar surface area (TPSA) is 98.8 Å². The Balaban J connectivity index is 1.54. The Bertz CT molecular complexity index is 1010. The van der Waals surface area contributed by atoms with Crippen LogP contribution in [0.2, 0.25) is 0 Å². The van der Waals surface area contributed by atoms with Gasteiger partial charge >= 0.3 is 6.03 Å². The molecular weight excluding hydrogens is 372 g/mol. The average molecular weight is 392 g/mol. The highest BCUT2D eigenvalue weighted by Gasteiger charge is 2.50. The number of urea groups is 1. The molecule has 29 heavy (non-hydrogen) atoms. The predicted octanol–water partition coefficient (Wildman–Crippen LogP) is 1.93. The number of carbonyl (C=O) groups is 4. The summed E-state index contributed by atoms with van der Waals surface area (Å²) in [7, 11) is 0. The molecule has 0 aromatic heterocycles. The molecule has 1 unspecified atom stereocenters. The zero-order valence-electron chi connectivity index (χ0n) is 15.8. The van der Waals surface area contributed by atoms with Crippen LogP contribution in [0.5, 0.6) is 0 Å². The van der Waals surface area contributed by atoms with E-state index in [4.69, 9.17) is 0 Å². The fourth-order valence-electron chi connectivity index (χ4n) is 3.61. The third-order valence-corrected chi connectivity index (χ3v) is 5.25. The van der Waals surface area contributed by atoms with Gasteiger partial charge in [0.15, 0.2) is 0 Å². The number of nitrogens with zero attached hydrogens (tertiary/aromatic N) is 2. The van der Waals surface area contributed by atoms with E-state index in [0.29, 0.717) is 29.2 Å². The second-order valence-electron chi connectivity index (χ2n) is 7.20. The molecule has 0 bridgehead atoms. The lowest BCUT2D eigenvalue weighted by molar-refractivity contribution is -0.132. The summed E-state index contributed by atoms with van der Waals surface area (Å²) in [5, 5.41) is 3.33. The van der Waals surface area contributed by atoms with Crippen molar-refractivity contribution in [1.29, 1.82) is 0 Å². The zero-order chi connectivity index (χ0) is 20.6. The van der Waals surface area contributed by atoms with Gasteiger partial charge in [-0.15, -0.1) is 0 Å². The van der Waals surface area contributed by atoms with Crippen LogP contribution in [0.4, 0.5) is 10.5 Å². The normalized spacial score (nSPS) is 21.5. The van der Waals surface area contributed by atoms with Gasteiger partial charge in [0.2, 0.25) is 5.91 Å². The maximum atomic E-state index is 12.9. The van der Waals surface area contributed by atoms with Crippen molar-refractivity contribution >= 4 is 29.4 Å². The molecule has 2 aliphatic heterocycles. The number of amides is 5. The Morgan fingerprint density at radius 2 is 1.83 bits per heavy atom. The molecular formula is C21H20N4O4. The first-order valence-corrected chi connectivity index (χ1v) is 9.34. The molecule has 0 saturated carbocycles. The van der Waals surface area contributed by atoms with E-state index in [0.717, 1.165) is 6.42 Å². The Morgan fingerprint density at radius 1 is 1.07 bits per heavy atom. The third kappa shape index (κ3) is 3.22. The van der Waals surface area contributed by atoms with Gasteiger partial charge in [-0.05, 0) is 37.1 Å². The molecule has 2 aromatic carbocycles. The van der Waals surface area contributed by atoms with E-state index in [2.05, 4.69) is 10.7 Å². The lowest BCUT2D eigenvalue weighted by Gasteiger charge is -2.22. The van der Waals surface area contributed by atoms with Gasteiger partial charge in [-0.3, -0.25) is 19.8 Å². The van der Waals surface area contributed by atoms with Crippen molar-refractivity contribution in [3.63, 3.8) is 0 Å². The summed E-state index contributed by atoms with van der Waals surface area (Å²) >= 11 is 0. The minimum Gasteiger partial charge on any atom is -0.318 e. The second kappa shape index (κ2) is 7.05. The molecule has 1 atom stereocenters. The first kappa shape index (κ1) is 18.7. The number of carbonyl (C=O) groups excluding carboxylic acids is 4. The van der Waals surface area contributed by atoms with E-state index in [1.54, 1.807) is 60.4 Å². The maximum absolute atomic E-state index is 12.9. The fourth-order valence-corrected chi connectivity index (χ4v) is 3.61. The van der Waals surface area contributed by atoms with Gasteiger partial charge in [0.1, 0.15) is 5.54 Å². The van der Waals surface area contributed by atoms with Gasteiger partial charge < -0.3 is 10.2 Å². The molecule has 0 radical (unpaired) electrons. The number of benzene rings is 2. The van der Waals surface area contributed by atoms with E-state index >= 15 is 0 Å². The molecule has 8 nitrogen and oxygen atoms in total. The highest BCUT2D eigenvalue weighted by atomic mass is 16.2. The fraction of sp³-hybridized carbons (Fsp3) is 0.238. The van der Waals surface area contributed by atoms with E-state index in [1.807, 2.05) is 6.07 Å². The molecule has 2 saturated heterocycles. The Hall–Kier alpha value is -3.68. The van der Waals surface area contributed by atoms with Crippen molar-refractivity contribution < 1.29 is 19.2 Å². The number of hydrogen-bond acceptors (Lipinski definition) is 4. The summed E-state index contributed by atoms with van der Waals surface area (Å²) in [5.74, 6) is -1.18. The van der Waals surface area contributed by atoms with E-state index in [1.165, 1.54) is 0 Å². The number of hydrazine groups is 1. The van der Waals surface area contributed by atoms with Crippen LogP contribution in [-0.4, -0.2) is 35.3 Å². The van der Waals surface area contributed by atoms with Crippen LogP contribution in [0, 0.1) is 0 Å². The molecule has 2 N–H and O–H groups in total. The summed E-state index contributed by atoms with van der Waals surface area (Å²) in [6.45, 7) is 2.20. The highest BCUT2D eigenvalue weighted by molar-refractivity contribution is 6.09. The third-order valence-electron chi connectivity index (χ3n) is 5.25. The minimum atomic E-state index is -1.27. The molecule has 0 aliphatic carbocycles. The van der Waals surface area contributed by atoms with Gasteiger partial charge in [-0.1, -0.05) is 36.4 Å². The minimum absolute atomic E-state index is 0.00952. The lowest BCUT2D eigenvalue weighted by atomic mass is 9.92. The van der Waals surface area contributed by atoms with Crippen molar-refractivity contribution in [2.75, 3.05) is 11.4 Å². The van der Waals surface area contributed by atoms with Crippen LogP contribution in [0.15, 0.2) is 54.6 Å². The second-order valence-corrected chi connectivity index (χ2v) is 7.20. The Morgan fingerprint density at radius 3 is 2.52 bits per heavy atom. The first-order valence-electron chi connectivity index (χ1n) is 9.34. The molecule has 5 amide bonds. The standard InChI is InChI=1S/C21H20N4O4/c1-21(15-8-3-2-4-9-15)19(28)25(20(29)22-21)23-18(27)14-7-5-10-16(13-14)24-12-6-11-17(24)26/h2-5,7-10,13H,6,11-12H2,1H3,(H,22,29)(H,23,27). The van der Waals surface area contributed by atoms with Crippen LogP contribution in [-0.2, 0) is 15.1 Å². The summed E-state index contributed by atoms with van der Waals surface area (Å²) < 4.78 is 0. The van der Waals surface area contributed by atoms with Gasteiger partial charge in [0.25, 0.3) is 11.8 Å². The summed E-state index contributed by atoms with van der Waals surface area (Å²) in [6.07, 6.45) is 1.26. The molecule has 2 aliphatic rings. The van der Waals surface area contributed by atoms with Gasteiger partial charge in [0.05, 0.1) is 0 Å². The number of anilines is 1. The molecule has 2 fully saturated rings. The van der Waals surface area contributed by atoms with Crippen molar-refractivity contribution in [3.8, 4) is 0 Å². The molecule has 148 valence electrons. The Kier molecular flexibility index (Phi) is 4.54. The number of imide groups is 1. The monoisotopic (exact) mass is 392 g/mol. The van der Waals surface area contributed by atoms with Crippen LogP contribution in [0.25, 0.3) is 0 Å². The van der Waals surface area contributed by atoms with Gasteiger partial charge in [-0.25, -0.2) is 4.79 Å². The van der Waals surface area contributed by atoms with Gasteiger partial charge in [0, 0.05) is 24.2 Å². The molecule has 4 rings (SSSR count). The number of hydrogen-bond donors (Lipinski definition) is 2. The summed E-state index contributed by atoms with van der Waals surface area (Å²) in [4.78, 5) is 51.6. The quantitative estimate of drug-likeness (QED) is 0.777. The van der Waals surface area contributed by atoms with Crippen LogP contribution in [0.1, 0.15) is 35.7 Å². The van der Waals surface area contributed by atoms with Crippen molar-refractivity contribution in [2.24, 2.45) is 0 Å². The molecule has 2 aromatic rings. The Labute approximate surface area is 167 Å². The number of nitrogens with one attached hydrogen (secondary N) is 2. The largest absolute Gasteiger partial charge is 0.344 e.